The van der Waals surface area contributed by atoms with Crippen molar-refractivity contribution in [3.05, 3.63) is 0 Å². The summed E-state index contributed by atoms with van der Waals surface area (Å²) in [5.74, 6) is 5.26. The van der Waals surface area contributed by atoms with Gasteiger partial charge in [0, 0.05) is 13.0 Å². The van der Waals surface area contributed by atoms with Crippen molar-refractivity contribution < 1.29 is 47.9 Å². The molecule has 0 aliphatic heterocycles. The van der Waals surface area contributed by atoms with Gasteiger partial charge in [0.25, 0.3) is 0 Å². The Labute approximate surface area is 357 Å². The molecule has 0 spiro atoms. The van der Waals surface area contributed by atoms with Gasteiger partial charge in [0.15, 0.2) is 6.29 Å². The molecule has 10 unspecified atom stereocenters. The zero-order valence-electron chi connectivity index (χ0n) is 38.6. The summed E-state index contributed by atoms with van der Waals surface area (Å²) in [4.78, 5) is 34.7. The molecule has 340 valence electrons. The van der Waals surface area contributed by atoms with Crippen molar-refractivity contribution in [2.75, 3.05) is 34.0 Å². The van der Waals surface area contributed by atoms with E-state index in [1.54, 1.807) is 6.92 Å². The predicted molar refractivity (Wildman–Crippen MR) is 228 cm³/mol. The molecule has 0 heterocycles. The first-order valence-electron chi connectivity index (χ1n) is 23.9. The summed E-state index contributed by atoms with van der Waals surface area (Å²) in [6.45, 7) is 16.8. The summed E-state index contributed by atoms with van der Waals surface area (Å²) in [6.07, 6.45) is 21.4. The van der Waals surface area contributed by atoms with Crippen LogP contribution in [0.5, 0.6) is 0 Å². The maximum absolute atomic E-state index is 12.3. The van der Waals surface area contributed by atoms with E-state index in [1.807, 2.05) is 6.92 Å². The van der Waals surface area contributed by atoms with Crippen LogP contribution in [-0.4, -0.2) is 81.7 Å². The number of esters is 3. The highest BCUT2D eigenvalue weighted by Gasteiger charge is 2.60. The van der Waals surface area contributed by atoms with E-state index >= 15 is 0 Å². The normalized spacial score (nSPS) is 37.9. The molecule has 0 aromatic heterocycles. The topological polar surface area (TPSA) is 127 Å². The Hall–Kier alpha value is -1.75. The highest BCUT2D eigenvalue weighted by atomic mass is 16.7. The molecule has 6 saturated carbocycles. The van der Waals surface area contributed by atoms with Crippen LogP contribution in [0.1, 0.15) is 170 Å². The van der Waals surface area contributed by atoms with Gasteiger partial charge in [-0.15, -0.1) is 0 Å². The highest BCUT2D eigenvalue weighted by molar-refractivity contribution is 5.70. The van der Waals surface area contributed by atoms with Gasteiger partial charge in [-0.3, -0.25) is 4.79 Å². The summed E-state index contributed by atoms with van der Waals surface area (Å²) < 4.78 is 31.4. The maximum atomic E-state index is 12.3. The molecule has 10 heteroatoms. The molecule has 59 heavy (non-hydrogen) atoms. The van der Waals surface area contributed by atoms with Crippen LogP contribution in [-0.2, 0) is 42.8 Å². The third kappa shape index (κ3) is 11.8. The zero-order chi connectivity index (χ0) is 43.0. The Morgan fingerprint density at radius 3 is 1.78 bits per heavy atom. The van der Waals surface area contributed by atoms with E-state index in [0.29, 0.717) is 47.0 Å². The number of rotatable bonds is 15. The first-order valence-corrected chi connectivity index (χ1v) is 23.9. The van der Waals surface area contributed by atoms with Gasteiger partial charge in [-0.05, 0) is 193 Å². The second-order valence-corrected chi connectivity index (χ2v) is 20.9. The fraction of sp³-hybridized carbons (Fsp3) is 0.939. The van der Waals surface area contributed by atoms with Gasteiger partial charge in [0.2, 0.25) is 0 Å². The average Bonchev–Trinajstić information content (AvgIpc) is 3.59. The van der Waals surface area contributed by atoms with Crippen LogP contribution in [0.2, 0.25) is 0 Å². The van der Waals surface area contributed by atoms with E-state index in [2.05, 4.69) is 44.1 Å². The van der Waals surface area contributed by atoms with E-state index in [9.17, 15) is 19.5 Å². The van der Waals surface area contributed by atoms with Crippen LogP contribution in [0, 0.1) is 63.6 Å². The second kappa shape index (κ2) is 21.6. The van der Waals surface area contributed by atoms with Gasteiger partial charge < -0.3 is 33.5 Å². The third-order valence-electron chi connectivity index (χ3n) is 17.7. The Kier molecular flexibility index (Phi) is 17.6. The highest BCUT2D eigenvalue weighted by Crippen LogP contribution is 2.68. The Morgan fingerprint density at radius 2 is 1.24 bits per heavy atom. The molecular weight excluding hydrogens is 749 g/mol. The molecule has 6 fully saturated rings. The van der Waals surface area contributed by atoms with E-state index in [-0.39, 0.29) is 49.4 Å². The van der Waals surface area contributed by atoms with Crippen LogP contribution in [0.25, 0.3) is 0 Å². The minimum atomic E-state index is -0.441. The number of carbonyl (C=O) groups excluding carboxylic acids is 3. The molecule has 10 atom stereocenters. The largest absolute Gasteiger partial charge is 0.467 e. The van der Waals surface area contributed by atoms with Crippen molar-refractivity contribution in [3.63, 3.8) is 0 Å². The van der Waals surface area contributed by atoms with Gasteiger partial charge in [0.1, 0.15) is 13.2 Å². The lowest BCUT2D eigenvalue weighted by atomic mass is 9.44. The molecule has 6 rings (SSSR count). The SMILES string of the molecule is CCOC(C)OC(=O)CCC(C)C1CCC2C3CCC4CC(O)CCC4(C)C3CCC12C.COC(=O)COC1CCC(C(C)(C)C2CCC(OCC(=O)OC)CC2)CC1. The number of aliphatic hydroxyl groups excluding tert-OH is 1. The Balaban J connectivity index is 0.000000228. The second-order valence-electron chi connectivity index (χ2n) is 20.9. The van der Waals surface area contributed by atoms with E-state index in [1.165, 1.54) is 59.2 Å². The van der Waals surface area contributed by atoms with Crippen molar-refractivity contribution in [1.29, 1.82) is 0 Å². The summed E-state index contributed by atoms with van der Waals surface area (Å²) in [5.41, 5.74) is 1.18. The van der Waals surface area contributed by atoms with E-state index in [4.69, 9.17) is 18.9 Å². The monoisotopic (exact) mass is 833 g/mol. The molecule has 0 saturated heterocycles. The molecule has 10 nitrogen and oxygen atoms in total. The lowest BCUT2D eigenvalue weighted by molar-refractivity contribution is -0.174. The summed E-state index contributed by atoms with van der Waals surface area (Å²) in [6, 6.07) is 0. The lowest BCUT2D eigenvalue weighted by Crippen LogP contribution is -2.54. The molecule has 0 radical (unpaired) electrons. The number of methoxy groups -OCH3 is 2. The van der Waals surface area contributed by atoms with Gasteiger partial charge >= 0.3 is 17.9 Å². The Bertz CT molecular complexity index is 1290. The number of ether oxygens (including phenoxy) is 6. The lowest BCUT2D eigenvalue weighted by Gasteiger charge is -2.61. The van der Waals surface area contributed by atoms with Crippen molar-refractivity contribution in [2.24, 2.45) is 63.6 Å². The first-order chi connectivity index (χ1) is 28.0. The molecule has 0 aromatic carbocycles. The maximum Gasteiger partial charge on any atom is 0.331 e. The number of carbonyl (C=O) groups is 3. The molecule has 6 aliphatic rings. The standard InChI is InChI=1S/C28H48O4.C21H36O6/c1-6-31-19(3)32-26(30)12-7-18(2)23-10-11-24-22-9-8-20-17-21(29)13-15-27(20,4)25(22)14-16-28(23,24)5;1-21(2,15-5-9-17(10-6-15)26-13-19(22)24-3)16-7-11-18(12-8-16)27-14-20(23)25-4/h18-25,29H,6-17H2,1-5H3;15-18H,5-14H2,1-4H3. The van der Waals surface area contributed by atoms with Crippen LogP contribution in [0.15, 0.2) is 0 Å². The van der Waals surface area contributed by atoms with Crippen LogP contribution in [0.3, 0.4) is 0 Å². The van der Waals surface area contributed by atoms with Crippen LogP contribution < -0.4 is 0 Å². The summed E-state index contributed by atoms with van der Waals surface area (Å²) in [7, 11) is 2.78. The average molecular weight is 833 g/mol. The zero-order valence-corrected chi connectivity index (χ0v) is 38.6. The van der Waals surface area contributed by atoms with Crippen LogP contribution in [0.4, 0.5) is 0 Å². The smallest absolute Gasteiger partial charge is 0.331 e. The Morgan fingerprint density at radius 1 is 0.695 bits per heavy atom. The first kappa shape index (κ1) is 48.3. The van der Waals surface area contributed by atoms with Crippen molar-refractivity contribution >= 4 is 17.9 Å². The molecule has 0 amide bonds. The molecular formula is C49H84O10. The number of aliphatic hydroxyl groups is 1. The van der Waals surface area contributed by atoms with E-state index in [0.717, 1.165) is 100 Å². The van der Waals surface area contributed by atoms with Crippen molar-refractivity contribution in [2.45, 2.75) is 195 Å². The van der Waals surface area contributed by atoms with Gasteiger partial charge in [-0.25, -0.2) is 9.59 Å². The van der Waals surface area contributed by atoms with Crippen molar-refractivity contribution in [1.82, 2.24) is 0 Å². The van der Waals surface area contributed by atoms with Gasteiger partial charge in [-0.2, -0.15) is 0 Å². The van der Waals surface area contributed by atoms with Gasteiger partial charge in [0.05, 0.1) is 32.5 Å². The third-order valence-corrected chi connectivity index (χ3v) is 17.7. The molecule has 1 N–H and O–H groups in total. The van der Waals surface area contributed by atoms with Crippen molar-refractivity contribution in [3.8, 4) is 0 Å². The number of hydrogen-bond donors (Lipinski definition) is 1. The molecule has 0 bridgehead atoms. The fourth-order valence-corrected chi connectivity index (χ4v) is 14.0. The fourth-order valence-electron chi connectivity index (χ4n) is 14.0. The quantitative estimate of drug-likeness (QED) is 0.0968. The predicted octanol–water partition coefficient (Wildman–Crippen LogP) is 9.86. The molecule has 6 aliphatic carbocycles. The minimum absolute atomic E-state index is 0.0570. The van der Waals surface area contributed by atoms with Gasteiger partial charge in [-0.1, -0.05) is 34.6 Å². The van der Waals surface area contributed by atoms with Crippen LogP contribution >= 0.6 is 0 Å². The number of hydrogen-bond acceptors (Lipinski definition) is 10. The number of fused-ring (bicyclic) bond motifs is 5. The summed E-state index contributed by atoms with van der Waals surface area (Å²) in [5, 5.41) is 10.3. The van der Waals surface area contributed by atoms with E-state index < -0.39 is 6.29 Å². The minimum Gasteiger partial charge on any atom is -0.467 e. The molecule has 0 aromatic rings. The summed E-state index contributed by atoms with van der Waals surface area (Å²) >= 11 is 0.